The Morgan fingerprint density at radius 3 is 0.515 bits per heavy atom. The Bertz CT molecular complexity index is 488. The van der Waals surface area contributed by atoms with Crippen molar-refractivity contribution in [1.82, 2.24) is 0 Å². The molecule has 27 heteroatoms. The van der Waals surface area contributed by atoms with Crippen LogP contribution in [0.2, 0.25) is 0 Å². The van der Waals surface area contributed by atoms with Crippen LogP contribution in [0.5, 0.6) is 0 Å². The number of nitrogens with two attached hydrogens (primary N) is 12. The van der Waals surface area contributed by atoms with Gasteiger partial charge in [0.1, 0.15) is 0 Å². The van der Waals surface area contributed by atoms with E-state index in [1.165, 1.54) is 0 Å². The molecule has 33 heavy (non-hydrogen) atoms. The van der Waals surface area contributed by atoms with Crippen LogP contribution in [0.25, 0.3) is 0 Å². The standard InChI is InChI=1S/6CH4N2O.Al.I3.H2O4S/c6*2-1(3)4;;1-3-2;1-5(2,3)4/h6*(H4,2,3,4);;;(H2,1,2,3,4)/q;;;;;;+3;-1;/p+6. The minimum atomic E-state index is -4.67. The zero-order valence-electron chi connectivity index (χ0n) is 16.4. The van der Waals surface area contributed by atoms with Crippen LogP contribution in [-0.2, 0) is 10.4 Å². The maximum atomic E-state index is 8.74. The number of primary amides is 12. The Balaban J connectivity index is -0.0000000285. The summed E-state index contributed by atoms with van der Waals surface area (Å²) < 4.78 is 31.6. The average molecular weight is 872 g/mol. The molecule has 0 aliphatic carbocycles. The molecule has 0 fully saturated rings. The second-order valence-corrected chi connectivity index (χ2v) is 20.2. The zero-order chi connectivity index (χ0) is 28.7. The molecule has 0 aromatic carbocycles. The molecule has 0 aliphatic rings. The molecule has 0 aromatic rings. The predicted molar refractivity (Wildman–Crippen MR) is 140 cm³/mol. The van der Waals surface area contributed by atoms with Crippen LogP contribution in [0.3, 0.4) is 0 Å². The van der Waals surface area contributed by atoms with Gasteiger partial charge in [0.05, 0.1) is 0 Å². The van der Waals surface area contributed by atoms with Crippen molar-refractivity contribution in [3.63, 3.8) is 0 Å². The van der Waals surface area contributed by atoms with Crippen molar-refractivity contribution >= 4 is 101 Å². The van der Waals surface area contributed by atoms with Crippen LogP contribution in [0.1, 0.15) is 0 Å². The minimum absolute atomic E-state index is 0. The first-order valence-corrected chi connectivity index (χ1v) is 19.8. The van der Waals surface area contributed by atoms with Gasteiger partial charge in [-0.25, -0.2) is 28.8 Å². The molecule has 0 aromatic heterocycles. The summed E-state index contributed by atoms with van der Waals surface area (Å²) in [4.78, 5) is 45.2. The van der Waals surface area contributed by atoms with Crippen LogP contribution < -0.4 is 82.1 Å². The van der Waals surface area contributed by atoms with Crippen molar-refractivity contribution in [2.24, 2.45) is 68.8 Å². The molecule has 32 N–H and O–H groups in total. The summed E-state index contributed by atoms with van der Waals surface area (Å²) in [5, 5.41) is 0. The molecule has 0 bridgehead atoms. The minimum Gasteiger partial charge on any atom is -0.303 e. The quantitative estimate of drug-likeness (QED) is 0.0488. The molecule has 0 spiro atoms. The number of halogens is 3. The van der Waals surface area contributed by atoms with E-state index in [1.807, 2.05) is 0 Å². The van der Waals surface area contributed by atoms with Gasteiger partial charge in [-0.2, -0.15) is 8.42 Å². The molecule has 0 heterocycles. The van der Waals surface area contributed by atoms with Gasteiger partial charge in [0.15, 0.2) is 0 Å². The summed E-state index contributed by atoms with van der Waals surface area (Å²) in [5.74, 6) is 0. The predicted octanol–water partition coefficient (Wildman–Crippen LogP) is -12.1. The van der Waals surface area contributed by atoms with Crippen molar-refractivity contribution in [2.45, 2.75) is 0 Å². The molecular formula is C6H32AlI3N12O10S+8. The third-order valence-electron chi connectivity index (χ3n) is 0. The van der Waals surface area contributed by atoms with E-state index in [0.29, 0.717) is 13.3 Å². The molecule has 22 nitrogen and oxygen atoms in total. The number of hydrogen-bond donors (Lipinski definition) is 14. The van der Waals surface area contributed by atoms with Crippen LogP contribution in [0, 0.1) is 0 Å². The fraction of sp³-hybridized carbons (Fsp3) is 0. The largest absolute Gasteiger partial charge is 3.00 e. The van der Waals surface area contributed by atoms with E-state index >= 15 is 0 Å². The Hall–Kier alpha value is -1.79. The van der Waals surface area contributed by atoms with Crippen LogP contribution >= 0.6 is 37.2 Å². The van der Waals surface area contributed by atoms with E-state index in [2.05, 4.69) is 106 Å². The number of carbonyl (C=O) groups excluding carboxylic acids is 6. The fourth-order valence-electron chi connectivity index (χ4n) is 0. The summed E-state index contributed by atoms with van der Waals surface area (Å²) in [6.45, 7) is 0. The van der Waals surface area contributed by atoms with Crippen molar-refractivity contribution < 1.29 is 59.5 Å². The summed E-state index contributed by atoms with van der Waals surface area (Å²) in [7, 11) is -4.67. The van der Waals surface area contributed by atoms with Gasteiger partial charge in [-0.1, -0.05) is 0 Å². The van der Waals surface area contributed by atoms with Crippen LogP contribution in [0.4, 0.5) is 0 Å². The average Bonchev–Trinajstić information content (AvgIpc) is 2.31. The molecule has 0 rings (SSSR count). The second kappa shape index (κ2) is 47.8. The SMILES string of the molecule is I[I-]I.NC(N)=[OH+].NC(N)=[OH+].NC(N)=[OH+].NC(N)=[OH+].NC(N)=[OH+].NC(N)=[OH+].O=S(=O)(O)O.[Al+3]. The van der Waals surface area contributed by atoms with Crippen molar-refractivity contribution in [2.75, 3.05) is 0 Å². The molecule has 12 amide bonds. The number of amides is 12. The van der Waals surface area contributed by atoms with E-state index in [-0.39, 0.29) is 17.4 Å². The van der Waals surface area contributed by atoms with Gasteiger partial charge >= 0.3 is 114 Å². The van der Waals surface area contributed by atoms with Crippen LogP contribution in [-0.4, -0.2) is 99.8 Å². The van der Waals surface area contributed by atoms with E-state index in [0.717, 1.165) is 0 Å². The third-order valence-corrected chi connectivity index (χ3v) is 0. The van der Waals surface area contributed by atoms with Gasteiger partial charge in [-0.05, 0) is 0 Å². The van der Waals surface area contributed by atoms with Gasteiger partial charge in [0.25, 0.3) is 0 Å². The van der Waals surface area contributed by atoms with Gasteiger partial charge in [-0.15, -0.1) is 0 Å². The summed E-state index contributed by atoms with van der Waals surface area (Å²) >= 11 is 5.30. The van der Waals surface area contributed by atoms with E-state index in [9.17, 15) is 0 Å². The van der Waals surface area contributed by atoms with E-state index < -0.39 is 46.6 Å². The van der Waals surface area contributed by atoms with Crippen molar-refractivity contribution in [1.29, 1.82) is 0 Å². The molecule has 0 aliphatic heterocycles. The van der Waals surface area contributed by atoms with E-state index in [1.54, 1.807) is 0 Å². The third kappa shape index (κ3) is 7530. The first kappa shape index (κ1) is 57.7. The molecule has 198 valence electrons. The Kier molecular flexibility index (Phi) is 83.7. The van der Waals surface area contributed by atoms with E-state index in [4.69, 9.17) is 46.3 Å². The van der Waals surface area contributed by atoms with Crippen molar-refractivity contribution in [3.05, 3.63) is 0 Å². The molecule has 0 atom stereocenters. The fourth-order valence-corrected chi connectivity index (χ4v) is 0. The number of urea groups is 6. The van der Waals surface area contributed by atoms with Crippen LogP contribution in [0.15, 0.2) is 0 Å². The number of rotatable bonds is 0. The molecule has 0 radical (unpaired) electrons. The normalized spacial score (nSPS) is 6.79. The first-order chi connectivity index (χ1) is 13.8. The van der Waals surface area contributed by atoms with Gasteiger partial charge in [0.2, 0.25) is 0 Å². The molecule has 0 unspecified atom stereocenters. The summed E-state index contributed by atoms with van der Waals surface area (Å²) in [5.41, 5.74) is 52.3. The first-order valence-electron chi connectivity index (χ1n) is 5.79. The molecule has 0 saturated heterocycles. The topological polar surface area (TPSA) is 515 Å². The Morgan fingerprint density at radius 1 is 0.515 bits per heavy atom. The smallest absolute Gasteiger partial charge is 0.303 e. The van der Waals surface area contributed by atoms with Gasteiger partial charge in [-0.3, -0.25) is 9.11 Å². The molecular weight excluding hydrogens is 840 g/mol. The maximum absolute atomic E-state index is 8.74. The number of hydrogen-bond acceptors (Lipinski definition) is 2. The summed E-state index contributed by atoms with van der Waals surface area (Å²) in [6, 6.07) is -3.50. The monoisotopic (exact) mass is 872 g/mol. The van der Waals surface area contributed by atoms with Gasteiger partial charge in [0, 0.05) is 0 Å². The van der Waals surface area contributed by atoms with Crippen molar-refractivity contribution in [3.8, 4) is 0 Å². The Morgan fingerprint density at radius 2 is 0.515 bits per heavy atom. The molecule has 0 saturated carbocycles. The zero-order valence-corrected chi connectivity index (χ0v) is 24.9. The maximum Gasteiger partial charge on any atom is 3.00 e. The van der Waals surface area contributed by atoms with Gasteiger partial charge < -0.3 is 68.8 Å². The summed E-state index contributed by atoms with van der Waals surface area (Å²) in [6.07, 6.45) is 0. The second-order valence-electron chi connectivity index (χ2n) is 3.05. The Labute approximate surface area is 227 Å².